The number of ether oxygens (including phenoxy) is 1. The van der Waals surface area contributed by atoms with Gasteiger partial charge in [0.1, 0.15) is 0 Å². The van der Waals surface area contributed by atoms with Gasteiger partial charge >= 0.3 is 5.97 Å². The molecule has 0 aliphatic rings. The Labute approximate surface area is 137 Å². The largest absolute Gasteiger partial charge is 0.451 e. The number of rotatable bonds is 6. The molecule has 0 aromatic carbocycles. The van der Waals surface area contributed by atoms with E-state index in [2.05, 4.69) is 10.3 Å². The van der Waals surface area contributed by atoms with Gasteiger partial charge in [-0.3, -0.25) is 4.79 Å². The van der Waals surface area contributed by atoms with Crippen LogP contribution in [0.3, 0.4) is 0 Å². The Bertz CT molecular complexity index is 538. The van der Waals surface area contributed by atoms with Gasteiger partial charge in [-0.25, -0.2) is 9.78 Å². The lowest BCUT2D eigenvalue weighted by atomic mass is 10.2. The predicted octanol–water partition coefficient (Wildman–Crippen LogP) is 3.50. The third kappa shape index (κ3) is 5.34. The molecular weight excluding hydrogens is 339 g/mol. The molecule has 1 atom stereocenters. The van der Waals surface area contributed by atoms with E-state index in [9.17, 15) is 9.59 Å². The topological polar surface area (TPSA) is 68.3 Å². The van der Waals surface area contributed by atoms with Crippen LogP contribution in [0.5, 0.6) is 0 Å². The van der Waals surface area contributed by atoms with Crippen molar-refractivity contribution < 1.29 is 14.3 Å². The fourth-order valence-electron chi connectivity index (χ4n) is 1.61. The number of nitrogens with zero attached hydrogens (tertiary/aromatic N) is 1. The fraction of sp³-hybridized carbons (Fsp3) is 0.462. The van der Waals surface area contributed by atoms with Crippen molar-refractivity contribution in [2.24, 2.45) is 0 Å². The van der Waals surface area contributed by atoms with Crippen molar-refractivity contribution in [2.45, 2.75) is 32.7 Å². The maximum Gasteiger partial charge on any atom is 0.359 e. The first kappa shape index (κ1) is 18.0. The van der Waals surface area contributed by atoms with Gasteiger partial charge < -0.3 is 10.1 Å². The van der Waals surface area contributed by atoms with Crippen LogP contribution in [0.2, 0.25) is 15.1 Å². The molecular formula is C13H15Cl3N2O3. The van der Waals surface area contributed by atoms with E-state index in [4.69, 9.17) is 39.5 Å². The molecule has 0 radical (unpaired) electrons. The lowest BCUT2D eigenvalue weighted by Crippen LogP contribution is -2.35. The van der Waals surface area contributed by atoms with Crippen LogP contribution in [0, 0.1) is 0 Å². The molecule has 1 rings (SSSR count). The minimum Gasteiger partial charge on any atom is -0.451 e. The highest BCUT2D eigenvalue weighted by Crippen LogP contribution is 2.31. The monoisotopic (exact) mass is 352 g/mol. The van der Waals surface area contributed by atoms with Gasteiger partial charge in [0.15, 0.2) is 12.3 Å². The Kier molecular flexibility index (Phi) is 7.22. The van der Waals surface area contributed by atoms with Gasteiger partial charge in [-0.2, -0.15) is 0 Å². The Hall–Kier alpha value is -1.04. The maximum atomic E-state index is 11.8. The number of hydrogen-bond acceptors (Lipinski definition) is 4. The van der Waals surface area contributed by atoms with Crippen molar-refractivity contribution in [3.05, 3.63) is 27.0 Å². The third-order valence-electron chi connectivity index (χ3n) is 2.57. The number of halogens is 3. The summed E-state index contributed by atoms with van der Waals surface area (Å²) in [5.74, 6) is -1.22. The summed E-state index contributed by atoms with van der Waals surface area (Å²) in [7, 11) is 0. The Morgan fingerprint density at radius 2 is 2.00 bits per heavy atom. The summed E-state index contributed by atoms with van der Waals surface area (Å²) < 4.78 is 4.84. The van der Waals surface area contributed by atoms with E-state index in [1.807, 2.05) is 13.8 Å². The number of hydrogen-bond donors (Lipinski definition) is 1. The molecule has 0 bridgehead atoms. The van der Waals surface area contributed by atoms with E-state index in [-0.39, 0.29) is 32.7 Å². The van der Waals surface area contributed by atoms with Crippen molar-refractivity contribution in [1.29, 1.82) is 0 Å². The lowest BCUT2D eigenvalue weighted by Gasteiger charge is -2.12. The van der Waals surface area contributed by atoms with Crippen molar-refractivity contribution >= 4 is 46.7 Å². The molecule has 0 spiro atoms. The van der Waals surface area contributed by atoms with E-state index < -0.39 is 12.6 Å². The summed E-state index contributed by atoms with van der Waals surface area (Å²) in [6, 6.07) is 0.0212. The minimum absolute atomic E-state index is 0.0151. The van der Waals surface area contributed by atoms with Crippen LogP contribution in [0.25, 0.3) is 0 Å². The quantitative estimate of drug-likeness (QED) is 0.795. The second-order valence-corrected chi connectivity index (χ2v) is 5.58. The van der Waals surface area contributed by atoms with Gasteiger partial charge in [0, 0.05) is 12.2 Å². The van der Waals surface area contributed by atoms with Crippen LogP contribution in [0.15, 0.2) is 6.20 Å². The molecule has 21 heavy (non-hydrogen) atoms. The molecule has 1 amide bonds. The summed E-state index contributed by atoms with van der Waals surface area (Å²) >= 11 is 17.4. The highest BCUT2D eigenvalue weighted by molar-refractivity contribution is 6.48. The SMILES string of the molecule is CCCC(C)NC(=O)COC(=O)c1ncc(Cl)c(Cl)c1Cl. The molecule has 1 unspecified atom stereocenters. The third-order valence-corrected chi connectivity index (χ3v) is 3.81. The van der Waals surface area contributed by atoms with Gasteiger partial charge in [0.2, 0.25) is 0 Å². The van der Waals surface area contributed by atoms with Crippen molar-refractivity contribution in [3.63, 3.8) is 0 Å². The first-order valence-corrected chi connectivity index (χ1v) is 7.46. The molecule has 0 saturated heterocycles. The number of amides is 1. The second-order valence-electron chi connectivity index (χ2n) is 4.42. The second kappa shape index (κ2) is 8.41. The fourth-order valence-corrected chi connectivity index (χ4v) is 2.16. The molecule has 0 fully saturated rings. The lowest BCUT2D eigenvalue weighted by molar-refractivity contribution is -0.124. The number of esters is 1. The smallest absolute Gasteiger partial charge is 0.359 e. The zero-order valence-corrected chi connectivity index (χ0v) is 13.8. The Morgan fingerprint density at radius 3 is 2.62 bits per heavy atom. The van der Waals surface area contributed by atoms with Crippen LogP contribution in [0.1, 0.15) is 37.2 Å². The van der Waals surface area contributed by atoms with Crippen LogP contribution in [-0.2, 0) is 9.53 Å². The van der Waals surface area contributed by atoms with Crippen LogP contribution in [0.4, 0.5) is 0 Å². The molecule has 5 nitrogen and oxygen atoms in total. The average Bonchev–Trinajstić information content (AvgIpc) is 2.42. The average molecular weight is 354 g/mol. The summed E-state index contributed by atoms with van der Waals surface area (Å²) in [6.07, 6.45) is 2.99. The summed E-state index contributed by atoms with van der Waals surface area (Å²) in [4.78, 5) is 27.1. The summed E-state index contributed by atoms with van der Waals surface area (Å²) in [5, 5.41) is 2.75. The maximum absolute atomic E-state index is 11.8. The minimum atomic E-state index is -0.836. The van der Waals surface area contributed by atoms with Gasteiger partial charge in [-0.15, -0.1) is 0 Å². The standard InChI is InChI=1S/C13H15Cl3N2O3/c1-3-4-7(2)18-9(19)6-21-13(20)12-11(16)10(15)8(14)5-17-12/h5,7H,3-4,6H2,1-2H3,(H,18,19). The van der Waals surface area contributed by atoms with E-state index in [0.717, 1.165) is 12.8 Å². The van der Waals surface area contributed by atoms with Crippen LogP contribution in [-0.4, -0.2) is 29.5 Å². The molecule has 1 aromatic rings. The molecule has 1 heterocycles. The number of carbonyl (C=O) groups is 2. The van der Waals surface area contributed by atoms with E-state index >= 15 is 0 Å². The first-order valence-electron chi connectivity index (χ1n) is 6.32. The zero-order valence-electron chi connectivity index (χ0n) is 11.6. The molecule has 8 heteroatoms. The van der Waals surface area contributed by atoms with Gasteiger partial charge in [0.05, 0.1) is 15.1 Å². The predicted molar refractivity (Wildman–Crippen MR) is 82.1 cm³/mol. The van der Waals surface area contributed by atoms with Gasteiger partial charge in [-0.1, -0.05) is 48.1 Å². The number of pyridine rings is 1. The van der Waals surface area contributed by atoms with Crippen molar-refractivity contribution in [2.75, 3.05) is 6.61 Å². The van der Waals surface area contributed by atoms with E-state index in [0.29, 0.717) is 0 Å². The number of carbonyl (C=O) groups excluding carboxylic acids is 2. The van der Waals surface area contributed by atoms with Crippen molar-refractivity contribution in [3.8, 4) is 0 Å². The highest BCUT2D eigenvalue weighted by atomic mass is 35.5. The molecule has 0 saturated carbocycles. The van der Waals surface area contributed by atoms with Crippen molar-refractivity contribution in [1.82, 2.24) is 10.3 Å². The van der Waals surface area contributed by atoms with Gasteiger partial charge in [0.25, 0.3) is 5.91 Å². The Balaban J connectivity index is 2.59. The number of aromatic nitrogens is 1. The number of nitrogens with one attached hydrogen (secondary N) is 1. The first-order chi connectivity index (χ1) is 9.86. The molecule has 1 aromatic heterocycles. The Morgan fingerprint density at radius 1 is 1.33 bits per heavy atom. The van der Waals surface area contributed by atoms with E-state index in [1.54, 1.807) is 0 Å². The molecule has 0 aliphatic carbocycles. The normalized spacial score (nSPS) is 11.9. The highest BCUT2D eigenvalue weighted by Gasteiger charge is 2.19. The summed E-state index contributed by atoms with van der Waals surface area (Å²) in [5.41, 5.74) is -0.180. The van der Waals surface area contributed by atoms with Gasteiger partial charge in [-0.05, 0) is 13.3 Å². The molecule has 0 aliphatic heterocycles. The molecule has 116 valence electrons. The zero-order chi connectivity index (χ0) is 16.0. The summed E-state index contributed by atoms with van der Waals surface area (Å²) in [6.45, 7) is 3.48. The molecule has 1 N–H and O–H groups in total. The van der Waals surface area contributed by atoms with Crippen LogP contribution >= 0.6 is 34.8 Å². The van der Waals surface area contributed by atoms with Crippen LogP contribution < -0.4 is 5.32 Å². The van der Waals surface area contributed by atoms with E-state index in [1.165, 1.54) is 6.20 Å².